The number of amides is 1. The number of para-hydroxylation sites is 1. The molecule has 0 saturated heterocycles. The van der Waals surface area contributed by atoms with Gasteiger partial charge < -0.3 is 4.57 Å². The van der Waals surface area contributed by atoms with Gasteiger partial charge in [0.25, 0.3) is 5.91 Å². The van der Waals surface area contributed by atoms with E-state index in [0.29, 0.717) is 9.68 Å². The first-order chi connectivity index (χ1) is 13.6. The van der Waals surface area contributed by atoms with Crippen molar-refractivity contribution in [3.8, 4) is 9.88 Å². The Kier molecular flexibility index (Phi) is 4.23. The molecule has 0 unspecified atom stereocenters. The first-order valence-electron chi connectivity index (χ1n) is 8.69. The second-order valence-electron chi connectivity index (χ2n) is 6.48. The van der Waals surface area contributed by atoms with E-state index in [1.807, 2.05) is 41.9 Å². The van der Waals surface area contributed by atoms with Crippen LogP contribution in [0.1, 0.15) is 15.2 Å². The van der Waals surface area contributed by atoms with Crippen LogP contribution in [0.5, 0.6) is 0 Å². The average molecular weight is 422 g/mol. The van der Waals surface area contributed by atoms with Gasteiger partial charge in [0.2, 0.25) is 0 Å². The molecule has 0 fully saturated rings. The number of thiazole rings is 2. The van der Waals surface area contributed by atoms with E-state index in [-0.39, 0.29) is 5.91 Å². The van der Waals surface area contributed by atoms with E-state index in [2.05, 4.69) is 41.2 Å². The summed E-state index contributed by atoms with van der Waals surface area (Å²) in [5.41, 5.74) is 3.27. The monoisotopic (exact) mass is 421 g/mol. The predicted molar refractivity (Wildman–Crippen MR) is 118 cm³/mol. The molecule has 138 valence electrons. The Morgan fingerprint density at radius 2 is 1.86 bits per heavy atom. The normalized spacial score (nSPS) is 12.3. The van der Waals surface area contributed by atoms with Gasteiger partial charge in [-0.15, -0.1) is 22.7 Å². The standard InChI is InChI=1S/C21H15N3OS3/c1-12-7-8-14-18(11-12)28-21(24(14)2)23-19(25)16-9-10-17(26-16)20-22-13-5-3-4-6-15(13)27-20/h3-11H,1-2H3. The molecular weight excluding hydrogens is 406 g/mol. The molecule has 5 rings (SSSR count). The zero-order chi connectivity index (χ0) is 19.3. The molecule has 3 aromatic heterocycles. The molecule has 0 bridgehead atoms. The molecule has 28 heavy (non-hydrogen) atoms. The van der Waals surface area contributed by atoms with Crippen LogP contribution in [0, 0.1) is 6.92 Å². The third-order valence-electron chi connectivity index (χ3n) is 4.48. The Labute approximate surface area is 173 Å². The van der Waals surface area contributed by atoms with Gasteiger partial charge in [-0.3, -0.25) is 4.79 Å². The van der Waals surface area contributed by atoms with Crippen LogP contribution < -0.4 is 4.80 Å². The molecule has 0 radical (unpaired) electrons. The third kappa shape index (κ3) is 3.01. The molecule has 4 nitrogen and oxygen atoms in total. The van der Waals surface area contributed by atoms with Crippen LogP contribution in [-0.2, 0) is 7.05 Å². The van der Waals surface area contributed by atoms with Gasteiger partial charge in [0.1, 0.15) is 5.01 Å². The van der Waals surface area contributed by atoms with Crippen LogP contribution in [0.25, 0.3) is 30.3 Å². The van der Waals surface area contributed by atoms with Gasteiger partial charge in [-0.05, 0) is 48.9 Å². The Balaban J connectivity index is 1.51. The van der Waals surface area contributed by atoms with Crippen molar-refractivity contribution < 1.29 is 4.79 Å². The van der Waals surface area contributed by atoms with Crippen molar-refractivity contribution in [2.75, 3.05) is 0 Å². The highest BCUT2D eigenvalue weighted by Crippen LogP contribution is 2.34. The van der Waals surface area contributed by atoms with E-state index in [1.54, 1.807) is 11.3 Å². The zero-order valence-electron chi connectivity index (χ0n) is 15.2. The minimum absolute atomic E-state index is 0.212. The number of aryl methyl sites for hydroxylation is 2. The minimum atomic E-state index is -0.212. The van der Waals surface area contributed by atoms with E-state index in [4.69, 9.17) is 0 Å². The van der Waals surface area contributed by atoms with Gasteiger partial charge in [0.15, 0.2) is 4.80 Å². The lowest BCUT2D eigenvalue weighted by atomic mass is 10.2. The van der Waals surface area contributed by atoms with Crippen molar-refractivity contribution >= 4 is 60.4 Å². The molecule has 0 spiro atoms. The second-order valence-corrected chi connectivity index (χ2v) is 9.61. The van der Waals surface area contributed by atoms with Gasteiger partial charge in [-0.1, -0.05) is 29.5 Å². The van der Waals surface area contributed by atoms with Gasteiger partial charge in [-0.25, -0.2) is 4.98 Å². The fraction of sp³-hybridized carbons (Fsp3) is 0.0952. The number of rotatable bonds is 2. The molecule has 0 atom stereocenters. The third-order valence-corrected chi connectivity index (χ3v) is 7.86. The summed E-state index contributed by atoms with van der Waals surface area (Å²) in [6.45, 7) is 2.07. The molecular formula is C21H15N3OS3. The summed E-state index contributed by atoms with van der Waals surface area (Å²) < 4.78 is 4.26. The topological polar surface area (TPSA) is 47.2 Å². The lowest BCUT2D eigenvalue weighted by Crippen LogP contribution is -2.12. The Hall–Kier alpha value is -2.61. The second kappa shape index (κ2) is 6.77. The lowest BCUT2D eigenvalue weighted by Gasteiger charge is -1.95. The summed E-state index contributed by atoms with van der Waals surface area (Å²) in [6.07, 6.45) is 0. The van der Waals surface area contributed by atoms with Crippen molar-refractivity contribution in [2.24, 2.45) is 12.0 Å². The summed E-state index contributed by atoms with van der Waals surface area (Å²) in [5.74, 6) is -0.212. The van der Waals surface area contributed by atoms with Crippen LogP contribution in [0.3, 0.4) is 0 Å². The quantitative estimate of drug-likeness (QED) is 0.371. The highest BCUT2D eigenvalue weighted by molar-refractivity contribution is 7.26. The van der Waals surface area contributed by atoms with E-state index in [1.165, 1.54) is 28.2 Å². The van der Waals surface area contributed by atoms with Crippen LogP contribution >= 0.6 is 34.0 Å². The molecule has 5 aromatic rings. The first kappa shape index (κ1) is 17.5. The number of fused-ring (bicyclic) bond motifs is 2. The van der Waals surface area contributed by atoms with Gasteiger partial charge in [0, 0.05) is 7.05 Å². The highest BCUT2D eigenvalue weighted by atomic mass is 32.1. The molecule has 0 saturated carbocycles. The number of hydrogen-bond acceptors (Lipinski definition) is 5. The molecule has 0 aliphatic carbocycles. The van der Waals surface area contributed by atoms with E-state index >= 15 is 0 Å². The fourth-order valence-corrected chi connectivity index (χ4v) is 6.06. The Bertz CT molecular complexity index is 1380. The largest absolute Gasteiger partial charge is 0.319 e. The maximum absolute atomic E-state index is 12.7. The van der Waals surface area contributed by atoms with E-state index < -0.39 is 0 Å². The van der Waals surface area contributed by atoms with Gasteiger partial charge in [-0.2, -0.15) is 4.99 Å². The maximum Gasteiger partial charge on any atom is 0.289 e. The van der Waals surface area contributed by atoms with Crippen molar-refractivity contribution in [1.82, 2.24) is 9.55 Å². The van der Waals surface area contributed by atoms with Crippen molar-refractivity contribution in [1.29, 1.82) is 0 Å². The Morgan fingerprint density at radius 1 is 1.00 bits per heavy atom. The lowest BCUT2D eigenvalue weighted by molar-refractivity contribution is 0.100. The summed E-state index contributed by atoms with van der Waals surface area (Å²) in [5, 5.41) is 0.938. The number of hydrogen-bond donors (Lipinski definition) is 0. The number of benzene rings is 2. The number of thiophene rings is 1. The smallest absolute Gasteiger partial charge is 0.289 e. The number of aromatic nitrogens is 2. The van der Waals surface area contributed by atoms with Crippen LogP contribution in [0.2, 0.25) is 0 Å². The Morgan fingerprint density at radius 3 is 2.71 bits per heavy atom. The summed E-state index contributed by atoms with van der Waals surface area (Å²) >= 11 is 4.62. The molecule has 7 heteroatoms. The fourth-order valence-electron chi connectivity index (χ4n) is 3.04. The number of carbonyl (C=O) groups is 1. The molecule has 2 aromatic carbocycles. The summed E-state index contributed by atoms with van der Waals surface area (Å²) in [6, 6.07) is 18.1. The summed E-state index contributed by atoms with van der Waals surface area (Å²) in [7, 11) is 1.95. The van der Waals surface area contributed by atoms with E-state index in [9.17, 15) is 4.79 Å². The van der Waals surface area contributed by atoms with Crippen LogP contribution in [0.4, 0.5) is 0 Å². The van der Waals surface area contributed by atoms with Crippen molar-refractivity contribution in [3.05, 3.63) is 69.8 Å². The molecule has 0 aliphatic rings. The molecule has 0 N–H and O–H groups in total. The van der Waals surface area contributed by atoms with Crippen LogP contribution in [0.15, 0.2) is 59.6 Å². The van der Waals surface area contributed by atoms with Crippen molar-refractivity contribution in [2.45, 2.75) is 6.92 Å². The first-order valence-corrected chi connectivity index (χ1v) is 11.1. The summed E-state index contributed by atoms with van der Waals surface area (Å²) in [4.78, 5) is 24.1. The predicted octanol–water partition coefficient (Wildman–Crippen LogP) is 5.63. The van der Waals surface area contributed by atoms with Gasteiger partial charge in [0.05, 0.1) is 30.2 Å². The van der Waals surface area contributed by atoms with E-state index in [0.717, 1.165) is 30.3 Å². The minimum Gasteiger partial charge on any atom is -0.319 e. The number of nitrogens with zero attached hydrogens (tertiary/aromatic N) is 3. The molecule has 1 amide bonds. The number of carbonyl (C=O) groups excluding carboxylic acids is 1. The van der Waals surface area contributed by atoms with Crippen LogP contribution in [-0.4, -0.2) is 15.5 Å². The van der Waals surface area contributed by atoms with Gasteiger partial charge >= 0.3 is 0 Å². The molecule has 0 aliphatic heterocycles. The highest BCUT2D eigenvalue weighted by Gasteiger charge is 2.13. The van der Waals surface area contributed by atoms with Crippen molar-refractivity contribution in [3.63, 3.8) is 0 Å². The molecule has 3 heterocycles. The maximum atomic E-state index is 12.7. The zero-order valence-corrected chi connectivity index (χ0v) is 17.6. The SMILES string of the molecule is Cc1ccc2c(c1)sc(=NC(=O)c1ccc(-c3nc4ccccc4s3)s1)n2C. The average Bonchev–Trinajstić information content (AvgIpc) is 3.39.